The van der Waals surface area contributed by atoms with Crippen LogP contribution in [0.15, 0.2) is 0 Å². The van der Waals surface area contributed by atoms with Crippen LogP contribution < -0.4 is 11.1 Å². The minimum Gasteiger partial charge on any atom is -0.381 e. The molecule has 1 unspecified atom stereocenters. The Morgan fingerprint density at radius 1 is 1.12 bits per heavy atom. The summed E-state index contributed by atoms with van der Waals surface area (Å²) in [6, 6.07) is 0.772. The van der Waals surface area contributed by atoms with Crippen molar-refractivity contribution in [3.8, 4) is 0 Å². The van der Waals surface area contributed by atoms with Crippen molar-refractivity contribution in [2.75, 3.05) is 26.3 Å². The van der Waals surface area contributed by atoms with Gasteiger partial charge in [-0.05, 0) is 50.6 Å². The van der Waals surface area contributed by atoms with Gasteiger partial charge >= 0.3 is 0 Å². The van der Waals surface area contributed by atoms with Crippen molar-refractivity contribution >= 4 is 0 Å². The molecule has 0 aromatic heterocycles. The Kier molecular flexibility index (Phi) is 5.07. The minimum atomic E-state index is 0.657. The zero-order valence-electron chi connectivity index (χ0n) is 10.3. The molecule has 0 bridgehead atoms. The van der Waals surface area contributed by atoms with E-state index in [2.05, 4.69) is 5.32 Å². The first kappa shape index (κ1) is 12.3. The molecule has 2 rings (SSSR count). The van der Waals surface area contributed by atoms with E-state index in [1.54, 1.807) is 0 Å². The van der Waals surface area contributed by atoms with E-state index in [0.29, 0.717) is 5.92 Å². The van der Waals surface area contributed by atoms with Crippen molar-refractivity contribution < 1.29 is 4.74 Å². The number of hydrogen-bond donors (Lipinski definition) is 2. The van der Waals surface area contributed by atoms with Gasteiger partial charge in [-0.25, -0.2) is 0 Å². The maximum absolute atomic E-state index is 5.91. The summed E-state index contributed by atoms with van der Waals surface area (Å²) in [5, 5.41) is 3.71. The minimum absolute atomic E-state index is 0.657. The molecule has 0 spiro atoms. The van der Waals surface area contributed by atoms with Crippen LogP contribution in [-0.4, -0.2) is 32.3 Å². The first-order valence-corrected chi connectivity index (χ1v) is 6.91. The second-order valence-corrected chi connectivity index (χ2v) is 5.34. The second-order valence-electron chi connectivity index (χ2n) is 5.34. The lowest BCUT2D eigenvalue weighted by Gasteiger charge is -2.30. The van der Waals surface area contributed by atoms with Crippen LogP contribution in [0.5, 0.6) is 0 Å². The van der Waals surface area contributed by atoms with Gasteiger partial charge in [0.15, 0.2) is 0 Å². The van der Waals surface area contributed by atoms with Crippen LogP contribution in [-0.2, 0) is 4.74 Å². The van der Waals surface area contributed by atoms with Crippen LogP contribution in [0.25, 0.3) is 0 Å². The Bertz CT molecular complexity index is 186. The smallest absolute Gasteiger partial charge is 0.0468 e. The highest BCUT2D eigenvalue weighted by Gasteiger charge is 2.24. The van der Waals surface area contributed by atoms with Gasteiger partial charge in [0.2, 0.25) is 0 Å². The fourth-order valence-electron chi connectivity index (χ4n) is 3.08. The second kappa shape index (κ2) is 6.58. The van der Waals surface area contributed by atoms with E-state index in [1.807, 2.05) is 0 Å². The van der Waals surface area contributed by atoms with E-state index in [-0.39, 0.29) is 0 Å². The van der Waals surface area contributed by atoms with Gasteiger partial charge in [0, 0.05) is 19.3 Å². The van der Waals surface area contributed by atoms with Crippen molar-refractivity contribution in [1.82, 2.24) is 5.32 Å². The highest BCUT2D eigenvalue weighted by Crippen LogP contribution is 2.24. The van der Waals surface area contributed by atoms with Crippen molar-refractivity contribution in [3.63, 3.8) is 0 Å². The molecule has 1 atom stereocenters. The van der Waals surface area contributed by atoms with Crippen molar-refractivity contribution in [2.24, 2.45) is 17.6 Å². The molecule has 0 aromatic carbocycles. The summed E-state index contributed by atoms with van der Waals surface area (Å²) in [5.41, 5.74) is 5.91. The zero-order chi connectivity index (χ0) is 11.2. The molecule has 1 saturated carbocycles. The van der Waals surface area contributed by atoms with Crippen molar-refractivity contribution in [2.45, 2.75) is 44.6 Å². The molecule has 3 heteroatoms. The third-order valence-electron chi connectivity index (χ3n) is 4.26. The predicted octanol–water partition coefficient (Wildman–Crippen LogP) is 1.52. The van der Waals surface area contributed by atoms with Gasteiger partial charge in [0.1, 0.15) is 0 Å². The highest BCUT2D eigenvalue weighted by atomic mass is 16.5. The summed E-state index contributed by atoms with van der Waals surface area (Å²) in [6.07, 6.45) is 7.95. The van der Waals surface area contributed by atoms with Gasteiger partial charge in [-0.2, -0.15) is 0 Å². The Balaban J connectivity index is 1.70. The number of nitrogens with one attached hydrogen (secondary N) is 1. The molecule has 1 saturated heterocycles. The summed E-state index contributed by atoms with van der Waals surface area (Å²) in [7, 11) is 0. The first-order chi connectivity index (χ1) is 7.90. The Morgan fingerprint density at radius 2 is 1.81 bits per heavy atom. The Hall–Kier alpha value is -0.120. The number of nitrogens with two attached hydrogens (primary N) is 1. The van der Waals surface area contributed by atoms with Gasteiger partial charge in [-0.15, -0.1) is 0 Å². The molecular formula is C13H26N2O. The summed E-state index contributed by atoms with van der Waals surface area (Å²) in [4.78, 5) is 0. The molecule has 3 N–H and O–H groups in total. The molecule has 0 radical (unpaired) electrons. The monoisotopic (exact) mass is 226 g/mol. The summed E-state index contributed by atoms with van der Waals surface area (Å²) < 4.78 is 5.41. The first-order valence-electron chi connectivity index (χ1n) is 6.91. The molecule has 16 heavy (non-hydrogen) atoms. The number of rotatable bonds is 5. The maximum Gasteiger partial charge on any atom is 0.0468 e. The molecular weight excluding hydrogens is 200 g/mol. The van der Waals surface area contributed by atoms with Gasteiger partial charge < -0.3 is 15.8 Å². The van der Waals surface area contributed by atoms with E-state index in [1.165, 1.54) is 38.5 Å². The Labute approximate surface area is 99.1 Å². The molecule has 2 fully saturated rings. The molecule has 1 aliphatic heterocycles. The van der Waals surface area contributed by atoms with Crippen molar-refractivity contribution in [3.05, 3.63) is 0 Å². The highest BCUT2D eigenvalue weighted by molar-refractivity contribution is 4.79. The fraction of sp³-hybridized carbons (Fsp3) is 1.00. The molecule has 1 aliphatic carbocycles. The standard InChI is InChI=1S/C13H26N2O/c14-9-12(11-5-7-16-8-6-11)10-15-13-3-1-2-4-13/h11-13,15H,1-10,14H2. The van der Waals surface area contributed by atoms with Gasteiger partial charge in [0.05, 0.1) is 0 Å². The third-order valence-corrected chi connectivity index (χ3v) is 4.26. The fourth-order valence-corrected chi connectivity index (χ4v) is 3.08. The quantitative estimate of drug-likeness (QED) is 0.747. The lowest BCUT2D eigenvalue weighted by atomic mass is 9.86. The van der Waals surface area contributed by atoms with Gasteiger partial charge in [0.25, 0.3) is 0 Å². The molecule has 2 aliphatic rings. The van der Waals surface area contributed by atoms with Gasteiger partial charge in [-0.3, -0.25) is 0 Å². The molecule has 0 amide bonds. The number of hydrogen-bond acceptors (Lipinski definition) is 3. The predicted molar refractivity (Wildman–Crippen MR) is 66.3 cm³/mol. The Morgan fingerprint density at radius 3 is 2.44 bits per heavy atom. The van der Waals surface area contributed by atoms with Crippen LogP contribution in [0.4, 0.5) is 0 Å². The topological polar surface area (TPSA) is 47.3 Å². The average Bonchev–Trinajstić information content (AvgIpc) is 2.84. The lowest BCUT2D eigenvalue weighted by Crippen LogP contribution is -2.39. The number of ether oxygens (including phenoxy) is 1. The van der Waals surface area contributed by atoms with E-state index >= 15 is 0 Å². The molecule has 3 nitrogen and oxygen atoms in total. The average molecular weight is 226 g/mol. The summed E-state index contributed by atoms with van der Waals surface area (Å²) in [5.74, 6) is 1.44. The van der Waals surface area contributed by atoms with E-state index < -0.39 is 0 Å². The van der Waals surface area contributed by atoms with E-state index in [0.717, 1.165) is 38.3 Å². The van der Waals surface area contributed by atoms with Crippen LogP contribution in [0.2, 0.25) is 0 Å². The lowest BCUT2D eigenvalue weighted by molar-refractivity contribution is 0.0474. The van der Waals surface area contributed by atoms with Crippen LogP contribution in [0.1, 0.15) is 38.5 Å². The summed E-state index contributed by atoms with van der Waals surface area (Å²) in [6.45, 7) is 3.81. The molecule has 0 aromatic rings. The van der Waals surface area contributed by atoms with Crippen molar-refractivity contribution in [1.29, 1.82) is 0 Å². The van der Waals surface area contributed by atoms with Gasteiger partial charge in [-0.1, -0.05) is 12.8 Å². The van der Waals surface area contributed by atoms with Crippen LogP contribution in [0, 0.1) is 11.8 Å². The molecule has 94 valence electrons. The van der Waals surface area contributed by atoms with Crippen LogP contribution in [0.3, 0.4) is 0 Å². The van der Waals surface area contributed by atoms with E-state index in [9.17, 15) is 0 Å². The molecule has 1 heterocycles. The zero-order valence-corrected chi connectivity index (χ0v) is 10.3. The maximum atomic E-state index is 5.91. The van der Waals surface area contributed by atoms with E-state index in [4.69, 9.17) is 10.5 Å². The third kappa shape index (κ3) is 3.44. The largest absolute Gasteiger partial charge is 0.381 e. The SMILES string of the molecule is NCC(CNC1CCCC1)C1CCOCC1. The van der Waals surface area contributed by atoms with Crippen LogP contribution >= 0.6 is 0 Å². The summed E-state index contributed by atoms with van der Waals surface area (Å²) >= 11 is 0. The normalized spacial score (nSPS) is 26.1.